The molecule has 0 saturated carbocycles. The van der Waals surface area contributed by atoms with Gasteiger partial charge < -0.3 is 10.1 Å². The fourth-order valence-corrected chi connectivity index (χ4v) is 2.75. The van der Waals surface area contributed by atoms with Gasteiger partial charge in [-0.1, -0.05) is 50.2 Å². The summed E-state index contributed by atoms with van der Waals surface area (Å²) in [6, 6.07) is 15.5. The molecule has 0 unspecified atom stereocenters. The smallest absolute Gasteiger partial charge is 0.359 e. The van der Waals surface area contributed by atoms with E-state index in [9.17, 15) is 14.4 Å². The number of carbonyl (C=O) groups is 2. The minimum atomic E-state index is -0.766. The van der Waals surface area contributed by atoms with E-state index in [-0.39, 0.29) is 29.1 Å². The highest BCUT2D eigenvalue weighted by Crippen LogP contribution is 2.16. The van der Waals surface area contributed by atoms with E-state index in [1.165, 1.54) is 4.68 Å². The zero-order valence-electron chi connectivity index (χ0n) is 16.6. The van der Waals surface area contributed by atoms with Crippen molar-refractivity contribution in [2.45, 2.75) is 26.8 Å². The van der Waals surface area contributed by atoms with Gasteiger partial charge in [-0.25, -0.2) is 4.79 Å². The molecule has 0 saturated heterocycles. The highest BCUT2D eigenvalue weighted by Gasteiger charge is 2.20. The second kappa shape index (κ2) is 8.68. The maximum absolute atomic E-state index is 12.8. The molecule has 0 fully saturated rings. The van der Waals surface area contributed by atoms with E-state index in [1.54, 1.807) is 48.5 Å². The molecular weight excluding hydrogens is 370 g/mol. The number of esters is 1. The van der Waals surface area contributed by atoms with Gasteiger partial charge in [-0.3, -0.25) is 9.59 Å². The number of fused-ring (bicyclic) bond motifs is 1. The van der Waals surface area contributed by atoms with E-state index in [2.05, 4.69) is 10.4 Å². The van der Waals surface area contributed by atoms with Crippen molar-refractivity contribution >= 4 is 22.6 Å². The molecule has 0 radical (unpaired) electrons. The first kappa shape index (κ1) is 20.3. The molecule has 3 rings (SSSR count). The minimum absolute atomic E-state index is 0.0197. The van der Waals surface area contributed by atoms with E-state index in [0.29, 0.717) is 16.5 Å². The number of nitrogens with one attached hydrogen (secondary N) is 1. The van der Waals surface area contributed by atoms with Crippen LogP contribution in [0.3, 0.4) is 0 Å². The third-order valence-corrected chi connectivity index (χ3v) is 4.72. The van der Waals surface area contributed by atoms with Crippen molar-refractivity contribution in [1.82, 2.24) is 15.1 Å². The Kier molecular flexibility index (Phi) is 6.07. The lowest BCUT2D eigenvalue weighted by atomic mass is 10.1. The summed E-state index contributed by atoms with van der Waals surface area (Å²) in [6.45, 7) is 5.44. The molecule has 7 heteroatoms. The van der Waals surface area contributed by atoms with E-state index < -0.39 is 12.6 Å². The summed E-state index contributed by atoms with van der Waals surface area (Å²) in [5.74, 6) is -0.895. The highest BCUT2D eigenvalue weighted by molar-refractivity contribution is 6.02. The predicted molar refractivity (Wildman–Crippen MR) is 110 cm³/mol. The normalized spacial score (nSPS) is 12.0. The SMILES string of the molecule is CC(C)[C@@H](C)NC(=O)COC(=O)c1nn(-c2ccccc2)c(=O)c2ccccc12. The number of aromatic nitrogens is 2. The second-order valence-corrected chi connectivity index (χ2v) is 7.12. The summed E-state index contributed by atoms with van der Waals surface area (Å²) in [4.78, 5) is 37.6. The number of hydrogen-bond acceptors (Lipinski definition) is 5. The first-order chi connectivity index (χ1) is 13.9. The van der Waals surface area contributed by atoms with Crippen LogP contribution in [0.1, 0.15) is 31.3 Å². The van der Waals surface area contributed by atoms with Gasteiger partial charge in [-0.15, -0.1) is 0 Å². The van der Waals surface area contributed by atoms with E-state index in [4.69, 9.17) is 4.74 Å². The van der Waals surface area contributed by atoms with Crippen molar-refractivity contribution in [3.63, 3.8) is 0 Å². The third-order valence-electron chi connectivity index (χ3n) is 4.72. The van der Waals surface area contributed by atoms with Crippen LogP contribution in [0.15, 0.2) is 59.4 Å². The molecule has 0 spiro atoms. The maximum Gasteiger partial charge on any atom is 0.359 e. The van der Waals surface area contributed by atoms with Crippen molar-refractivity contribution < 1.29 is 14.3 Å². The molecule has 0 aliphatic carbocycles. The Morgan fingerprint density at radius 3 is 2.28 bits per heavy atom. The largest absolute Gasteiger partial charge is 0.451 e. The Labute approximate surface area is 168 Å². The van der Waals surface area contributed by atoms with Crippen molar-refractivity contribution in [2.24, 2.45) is 5.92 Å². The highest BCUT2D eigenvalue weighted by atomic mass is 16.5. The Balaban J connectivity index is 1.92. The summed E-state index contributed by atoms with van der Waals surface area (Å²) < 4.78 is 6.35. The Morgan fingerprint density at radius 1 is 1.00 bits per heavy atom. The zero-order chi connectivity index (χ0) is 21.0. The van der Waals surface area contributed by atoms with Crippen LogP contribution in [0.5, 0.6) is 0 Å². The van der Waals surface area contributed by atoms with Crippen molar-refractivity contribution in [3.8, 4) is 5.69 Å². The number of hydrogen-bond donors (Lipinski definition) is 1. The second-order valence-electron chi connectivity index (χ2n) is 7.12. The molecule has 2 aromatic carbocycles. The third kappa shape index (κ3) is 4.51. The first-order valence-corrected chi connectivity index (χ1v) is 9.42. The number of amides is 1. The van der Waals surface area contributed by atoms with Gasteiger partial charge in [0.15, 0.2) is 12.3 Å². The maximum atomic E-state index is 12.8. The van der Waals surface area contributed by atoms with E-state index in [1.807, 2.05) is 26.8 Å². The van der Waals surface area contributed by atoms with Crippen LogP contribution in [0.4, 0.5) is 0 Å². The van der Waals surface area contributed by atoms with Crippen molar-refractivity contribution in [3.05, 3.63) is 70.6 Å². The number of carbonyl (C=O) groups excluding carboxylic acids is 2. The van der Waals surface area contributed by atoms with Crippen LogP contribution in [0.2, 0.25) is 0 Å². The van der Waals surface area contributed by atoms with Gasteiger partial charge in [0.05, 0.1) is 11.1 Å². The molecular formula is C22H23N3O4. The van der Waals surface area contributed by atoms with Gasteiger partial charge in [-0.2, -0.15) is 9.78 Å². The quantitative estimate of drug-likeness (QED) is 0.651. The van der Waals surface area contributed by atoms with Crippen LogP contribution in [0.25, 0.3) is 16.5 Å². The topological polar surface area (TPSA) is 90.3 Å². The van der Waals surface area contributed by atoms with Crippen LogP contribution < -0.4 is 10.9 Å². The van der Waals surface area contributed by atoms with Gasteiger partial charge in [0.1, 0.15) is 0 Å². The van der Waals surface area contributed by atoms with Gasteiger partial charge in [0.2, 0.25) is 0 Å². The molecule has 0 bridgehead atoms. The zero-order valence-corrected chi connectivity index (χ0v) is 16.6. The lowest BCUT2D eigenvalue weighted by molar-refractivity contribution is -0.125. The molecule has 0 aliphatic heterocycles. The first-order valence-electron chi connectivity index (χ1n) is 9.42. The molecule has 7 nitrogen and oxygen atoms in total. The molecule has 0 aliphatic rings. The molecule has 1 amide bonds. The van der Waals surface area contributed by atoms with Gasteiger partial charge in [-0.05, 0) is 31.0 Å². The van der Waals surface area contributed by atoms with E-state index >= 15 is 0 Å². The van der Waals surface area contributed by atoms with Crippen LogP contribution in [-0.2, 0) is 9.53 Å². The Hall–Kier alpha value is -3.48. The molecule has 1 heterocycles. The Morgan fingerprint density at radius 2 is 1.62 bits per heavy atom. The molecule has 1 N–H and O–H groups in total. The number of para-hydroxylation sites is 1. The minimum Gasteiger partial charge on any atom is -0.451 e. The monoisotopic (exact) mass is 393 g/mol. The summed E-state index contributed by atoms with van der Waals surface area (Å²) in [6.07, 6.45) is 0. The van der Waals surface area contributed by atoms with Crippen LogP contribution in [-0.4, -0.2) is 34.3 Å². The van der Waals surface area contributed by atoms with Crippen LogP contribution >= 0.6 is 0 Å². The Bertz CT molecular complexity index is 1090. The van der Waals surface area contributed by atoms with Gasteiger partial charge >= 0.3 is 5.97 Å². The average molecular weight is 393 g/mol. The lowest BCUT2D eigenvalue weighted by Gasteiger charge is -2.17. The fourth-order valence-electron chi connectivity index (χ4n) is 2.75. The molecule has 3 aromatic rings. The standard InChI is InChI=1S/C22H23N3O4/c1-14(2)15(3)23-19(26)13-29-22(28)20-17-11-7-8-12-18(17)21(27)25(24-20)16-9-5-4-6-10-16/h4-12,14-15H,13H2,1-3H3,(H,23,26)/t15-/m1/s1. The molecule has 29 heavy (non-hydrogen) atoms. The average Bonchev–Trinajstić information content (AvgIpc) is 2.73. The van der Waals surface area contributed by atoms with Gasteiger partial charge in [0, 0.05) is 11.4 Å². The van der Waals surface area contributed by atoms with Gasteiger partial charge in [0.25, 0.3) is 11.5 Å². The number of benzene rings is 2. The summed E-state index contributed by atoms with van der Waals surface area (Å²) >= 11 is 0. The lowest BCUT2D eigenvalue weighted by Crippen LogP contribution is -2.38. The summed E-state index contributed by atoms with van der Waals surface area (Å²) in [7, 11) is 0. The number of ether oxygens (including phenoxy) is 1. The number of rotatable bonds is 6. The van der Waals surface area contributed by atoms with Crippen molar-refractivity contribution in [1.29, 1.82) is 0 Å². The predicted octanol–water partition coefficient (Wildman–Crippen LogP) is 2.70. The van der Waals surface area contributed by atoms with Crippen LogP contribution in [0, 0.1) is 5.92 Å². The molecule has 150 valence electrons. The summed E-state index contributed by atoms with van der Waals surface area (Å²) in [5.41, 5.74) is 0.168. The fraction of sp³-hybridized carbons (Fsp3) is 0.273. The molecule has 1 aromatic heterocycles. The number of nitrogens with zero attached hydrogens (tertiary/aromatic N) is 2. The van der Waals surface area contributed by atoms with E-state index in [0.717, 1.165) is 0 Å². The summed E-state index contributed by atoms with van der Waals surface area (Å²) in [5, 5.41) is 7.74. The molecule has 1 atom stereocenters. The van der Waals surface area contributed by atoms with Crippen molar-refractivity contribution in [2.75, 3.05) is 6.61 Å².